The maximum absolute atomic E-state index is 12.9. The van der Waals surface area contributed by atoms with Gasteiger partial charge >= 0.3 is 6.09 Å². The molecule has 7 heteroatoms. The molecule has 2 N–H and O–H groups in total. The summed E-state index contributed by atoms with van der Waals surface area (Å²) in [6.45, 7) is 9.66. The summed E-state index contributed by atoms with van der Waals surface area (Å²) in [5.74, 6) is -0.188. The third-order valence-corrected chi connectivity index (χ3v) is 5.74. The van der Waals surface area contributed by atoms with Gasteiger partial charge < -0.3 is 19.9 Å². The molecule has 0 fully saturated rings. The number of hydrogen-bond donors (Lipinski definition) is 2. The summed E-state index contributed by atoms with van der Waals surface area (Å²) in [7, 11) is 2.05. The molecule has 172 valence electrons. The number of rotatable bonds is 4. The average molecular weight is 447 g/mol. The molecule has 33 heavy (non-hydrogen) atoms. The van der Waals surface area contributed by atoms with Crippen molar-refractivity contribution in [3.63, 3.8) is 0 Å². The van der Waals surface area contributed by atoms with Crippen molar-refractivity contribution in [2.45, 2.75) is 46.3 Å². The fraction of sp³-hybridized carbons (Fsp3) is 0.346. The van der Waals surface area contributed by atoms with Crippen molar-refractivity contribution in [1.29, 1.82) is 0 Å². The first kappa shape index (κ1) is 22.6. The van der Waals surface area contributed by atoms with E-state index in [9.17, 15) is 9.59 Å². The minimum atomic E-state index is -0.565. The predicted octanol–water partition coefficient (Wildman–Crippen LogP) is 4.83. The third kappa shape index (κ3) is 4.49. The van der Waals surface area contributed by atoms with Gasteiger partial charge in [0, 0.05) is 59.3 Å². The van der Waals surface area contributed by atoms with Crippen LogP contribution >= 0.6 is 0 Å². The minimum absolute atomic E-state index is 0.188. The number of nitrogens with one attached hydrogen (secondary N) is 2. The molecule has 0 aliphatic rings. The Morgan fingerprint density at radius 1 is 1.12 bits per heavy atom. The van der Waals surface area contributed by atoms with Crippen LogP contribution in [0.15, 0.2) is 42.7 Å². The van der Waals surface area contributed by atoms with Crippen LogP contribution < -0.4 is 10.6 Å². The Balaban J connectivity index is 1.59. The van der Waals surface area contributed by atoms with Crippen LogP contribution in [0.5, 0.6) is 0 Å². The minimum Gasteiger partial charge on any atom is -0.444 e. The van der Waals surface area contributed by atoms with E-state index in [1.807, 2.05) is 64.4 Å². The lowest BCUT2D eigenvalue weighted by atomic mass is 10.0. The number of pyridine rings is 1. The van der Waals surface area contributed by atoms with Crippen molar-refractivity contribution in [3.8, 4) is 0 Å². The normalized spacial score (nSPS) is 12.8. The first-order valence-electron chi connectivity index (χ1n) is 11.1. The zero-order valence-corrected chi connectivity index (χ0v) is 19.9. The van der Waals surface area contributed by atoms with Crippen LogP contribution in [0.1, 0.15) is 43.6 Å². The van der Waals surface area contributed by atoms with Gasteiger partial charge in [-0.15, -0.1) is 0 Å². The molecule has 2 heterocycles. The number of fused-ring (bicyclic) bond motifs is 4. The number of nitrogens with zero attached hydrogens (tertiary/aromatic N) is 2. The second kappa shape index (κ2) is 8.39. The number of aromatic nitrogens is 2. The van der Waals surface area contributed by atoms with Gasteiger partial charge in [-0.2, -0.15) is 0 Å². The highest BCUT2D eigenvalue weighted by atomic mass is 16.6. The standard InChI is InChI=1S/C26H30N4O3/c1-15(13-28-25(32)33-26(3,4)5)29-24(31)17-7-8-22-20(11-17)21-12-18-14-27-10-9-19(18)16(2)23(21)30(22)6/h7-12,14-15H,13H2,1-6H3,(H,28,32)(H,29,31)/t15-/m1/s1. The Morgan fingerprint density at radius 3 is 2.61 bits per heavy atom. The van der Waals surface area contributed by atoms with Crippen molar-refractivity contribution >= 4 is 44.6 Å². The maximum atomic E-state index is 12.9. The summed E-state index contributed by atoms with van der Waals surface area (Å²) in [6, 6.07) is 9.67. The van der Waals surface area contributed by atoms with E-state index in [-0.39, 0.29) is 18.5 Å². The van der Waals surface area contributed by atoms with E-state index in [4.69, 9.17) is 4.74 Å². The summed E-state index contributed by atoms with van der Waals surface area (Å²) in [5.41, 5.74) is 3.41. The predicted molar refractivity (Wildman–Crippen MR) is 132 cm³/mol. The number of alkyl carbamates (subject to hydrolysis) is 1. The van der Waals surface area contributed by atoms with Crippen molar-refractivity contribution in [2.75, 3.05) is 6.54 Å². The molecule has 0 saturated heterocycles. The molecule has 2 aromatic heterocycles. The first-order valence-corrected chi connectivity index (χ1v) is 11.1. The first-order chi connectivity index (χ1) is 15.5. The molecule has 7 nitrogen and oxygen atoms in total. The topological polar surface area (TPSA) is 85.2 Å². The van der Waals surface area contributed by atoms with Gasteiger partial charge in [0.2, 0.25) is 0 Å². The van der Waals surface area contributed by atoms with E-state index in [2.05, 4.69) is 40.2 Å². The van der Waals surface area contributed by atoms with Crippen LogP contribution in [-0.4, -0.2) is 39.7 Å². The van der Waals surface area contributed by atoms with Crippen molar-refractivity contribution in [3.05, 3.63) is 53.9 Å². The highest BCUT2D eigenvalue weighted by Crippen LogP contribution is 2.35. The van der Waals surface area contributed by atoms with E-state index >= 15 is 0 Å². The zero-order chi connectivity index (χ0) is 23.9. The van der Waals surface area contributed by atoms with Crippen LogP contribution in [0.2, 0.25) is 0 Å². The maximum Gasteiger partial charge on any atom is 0.407 e. The molecule has 0 aliphatic heterocycles. The fourth-order valence-corrected chi connectivity index (χ4v) is 4.27. The van der Waals surface area contributed by atoms with Crippen LogP contribution in [0.4, 0.5) is 4.79 Å². The van der Waals surface area contributed by atoms with Crippen molar-refractivity contribution in [1.82, 2.24) is 20.2 Å². The molecule has 2 amide bonds. The largest absolute Gasteiger partial charge is 0.444 e. The van der Waals surface area contributed by atoms with Gasteiger partial charge in [0.25, 0.3) is 5.91 Å². The summed E-state index contributed by atoms with van der Waals surface area (Å²) >= 11 is 0. The number of ether oxygens (including phenoxy) is 1. The molecule has 4 rings (SSSR count). The van der Waals surface area contributed by atoms with Gasteiger partial charge in [-0.3, -0.25) is 9.78 Å². The SMILES string of the molecule is Cc1c2ccncc2cc2c3cc(C(=O)N[C@H](C)CNC(=O)OC(C)(C)C)ccc3n(C)c12. The molecule has 0 saturated carbocycles. The van der Waals surface area contributed by atoms with Gasteiger partial charge in [-0.05, 0) is 75.9 Å². The summed E-state index contributed by atoms with van der Waals surface area (Å²) in [6.07, 6.45) is 3.18. The molecular formula is C26H30N4O3. The fourth-order valence-electron chi connectivity index (χ4n) is 4.27. The lowest BCUT2D eigenvalue weighted by Crippen LogP contribution is -2.43. The number of aryl methyl sites for hydroxylation is 2. The highest BCUT2D eigenvalue weighted by Gasteiger charge is 2.18. The van der Waals surface area contributed by atoms with Gasteiger partial charge in [0.05, 0.1) is 5.52 Å². The second-order valence-corrected chi connectivity index (χ2v) is 9.54. The van der Waals surface area contributed by atoms with Crippen LogP contribution in [0.25, 0.3) is 32.6 Å². The van der Waals surface area contributed by atoms with Crippen molar-refractivity contribution in [2.24, 2.45) is 7.05 Å². The number of benzene rings is 2. The molecule has 0 bridgehead atoms. The third-order valence-electron chi connectivity index (χ3n) is 5.74. The molecule has 4 aromatic rings. The molecule has 0 radical (unpaired) electrons. The van der Waals surface area contributed by atoms with Crippen LogP contribution in [0, 0.1) is 6.92 Å². The Morgan fingerprint density at radius 2 is 1.88 bits per heavy atom. The Labute approximate surface area is 193 Å². The molecule has 0 spiro atoms. The van der Waals surface area contributed by atoms with Gasteiger partial charge in [-0.1, -0.05) is 0 Å². The Hall–Kier alpha value is -3.61. The highest BCUT2D eigenvalue weighted by molar-refractivity contribution is 6.15. The Kier molecular flexibility index (Phi) is 5.74. The second-order valence-electron chi connectivity index (χ2n) is 9.54. The Bertz CT molecular complexity index is 1380. The van der Waals surface area contributed by atoms with E-state index in [0.717, 1.165) is 27.2 Å². The monoisotopic (exact) mass is 446 g/mol. The molecular weight excluding hydrogens is 416 g/mol. The molecule has 1 atom stereocenters. The molecule has 0 aliphatic carbocycles. The van der Waals surface area contributed by atoms with Gasteiger partial charge in [0.15, 0.2) is 0 Å². The lowest BCUT2D eigenvalue weighted by molar-refractivity contribution is 0.0521. The average Bonchev–Trinajstić information content (AvgIpc) is 3.03. The number of amides is 2. The van der Waals surface area contributed by atoms with Gasteiger partial charge in [0.1, 0.15) is 5.60 Å². The number of carbonyl (C=O) groups excluding carboxylic acids is 2. The summed E-state index contributed by atoms with van der Waals surface area (Å²) < 4.78 is 7.42. The summed E-state index contributed by atoms with van der Waals surface area (Å²) in [5, 5.41) is 10.0. The smallest absolute Gasteiger partial charge is 0.407 e. The molecule has 0 unspecified atom stereocenters. The van der Waals surface area contributed by atoms with E-state index in [1.54, 1.807) is 0 Å². The van der Waals surface area contributed by atoms with E-state index in [0.29, 0.717) is 5.56 Å². The zero-order valence-electron chi connectivity index (χ0n) is 19.9. The number of carbonyl (C=O) groups is 2. The van der Waals surface area contributed by atoms with Crippen LogP contribution in [0.3, 0.4) is 0 Å². The van der Waals surface area contributed by atoms with Crippen molar-refractivity contribution < 1.29 is 14.3 Å². The van der Waals surface area contributed by atoms with Gasteiger partial charge in [-0.25, -0.2) is 4.79 Å². The number of hydrogen-bond acceptors (Lipinski definition) is 4. The molecule has 2 aromatic carbocycles. The van der Waals surface area contributed by atoms with E-state index < -0.39 is 11.7 Å². The van der Waals surface area contributed by atoms with E-state index in [1.165, 1.54) is 10.9 Å². The lowest BCUT2D eigenvalue weighted by Gasteiger charge is -2.21. The summed E-state index contributed by atoms with van der Waals surface area (Å²) in [4.78, 5) is 29.0. The van der Waals surface area contributed by atoms with Crippen LogP contribution in [-0.2, 0) is 11.8 Å². The quantitative estimate of drug-likeness (QED) is 0.470.